The summed E-state index contributed by atoms with van der Waals surface area (Å²) in [5, 5.41) is 10.2. The van der Waals surface area contributed by atoms with Crippen LogP contribution in [0, 0.1) is 0 Å². The molecule has 0 aliphatic carbocycles. The normalized spacial score (nSPS) is 13.4. The number of likely N-dealkylation sites (N-methyl/N-ethyl adjacent to an activating group) is 1. The molecule has 1 atom stereocenters. The van der Waals surface area contributed by atoms with Crippen LogP contribution in [0.5, 0.6) is 0 Å². The Labute approximate surface area is 105 Å². The maximum Gasteiger partial charge on any atom is 0.0917 e. The van der Waals surface area contributed by atoms with E-state index < -0.39 is 0 Å². The van der Waals surface area contributed by atoms with Gasteiger partial charge < -0.3 is 5.11 Å². The van der Waals surface area contributed by atoms with Gasteiger partial charge in [0.25, 0.3) is 0 Å². The summed E-state index contributed by atoms with van der Waals surface area (Å²) in [5.41, 5.74) is 2.33. The Morgan fingerprint density at radius 1 is 1.12 bits per heavy atom. The average molecular weight is 235 g/mol. The van der Waals surface area contributed by atoms with Crippen LogP contribution in [0.25, 0.3) is 0 Å². The molecule has 0 saturated heterocycles. The highest BCUT2D eigenvalue weighted by Gasteiger charge is 2.14. The lowest BCUT2D eigenvalue weighted by molar-refractivity contribution is 0.0991. The van der Waals surface area contributed by atoms with Crippen LogP contribution in [0.4, 0.5) is 0 Å². The number of hydrogen-bond acceptors (Lipinski definition) is 2. The van der Waals surface area contributed by atoms with Crippen molar-refractivity contribution in [2.75, 3.05) is 13.1 Å². The van der Waals surface area contributed by atoms with Gasteiger partial charge in [0.15, 0.2) is 0 Å². The second kappa shape index (κ2) is 6.77. The summed E-state index contributed by atoms with van der Waals surface area (Å²) >= 11 is 0. The summed E-state index contributed by atoms with van der Waals surface area (Å²) in [6.45, 7) is 10.3. The van der Waals surface area contributed by atoms with Gasteiger partial charge in [-0.3, -0.25) is 4.90 Å². The van der Waals surface area contributed by atoms with Crippen molar-refractivity contribution < 1.29 is 5.11 Å². The molecule has 0 amide bonds. The van der Waals surface area contributed by atoms with E-state index in [0.717, 1.165) is 18.5 Å². The summed E-state index contributed by atoms with van der Waals surface area (Å²) in [7, 11) is 0. The molecule has 2 heteroatoms. The van der Waals surface area contributed by atoms with Crippen LogP contribution in [0.15, 0.2) is 24.3 Å². The monoisotopic (exact) mass is 235 g/mol. The number of hydrogen-bond donors (Lipinski definition) is 1. The minimum Gasteiger partial charge on any atom is -0.387 e. The first kappa shape index (κ1) is 14.2. The third-order valence-corrected chi connectivity index (χ3v) is 3.32. The van der Waals surface area contributed by atoms with Crippen LogP contribution in [-0.2, 0) is 6.42 Å². The lowest BCUT2D eigenvalue weighted by Gasteiger charge is -2.27. The average Bonchev–Trinajstić information content (AvgIpc) is 2.35. The number of aryl methyl sites for hydroxylation is 1. The predicted molar refractivity (Wildman–Crippen MR) is 73.2 cm³/mol. The Balaban J connectivity index is 2.65. The minimum atomic E-state index is -0.386. The maximum atomic E-state index is 10.2. The van der Waals surface area contributed by atoms with Crippen molar-refractivity contribution >= 4 is 0 Å². The molecule has 0 radical (unpaired) electrons. The maximum absolute atomic E-state index is 10.2. The van der Waals surface area contributed by atoms with Crippen molar-refractivity contribution in [3.63, 3.8) is 0 Å². The topological polar surface area (TPSA) is 23.5 Å². The van der Waals surface area contributed by atoms with Crippen molar-refractivity contribution in [3.05, 3.63) is 35.4 Å². The summed E-state index contributed by atoms with van der Waals surface area (Å²) in [6.07, 6.45) is 0.659. The third kappa shape index (κ3) is 4.14. The van der Waals surface area contributed by atoms with E-state index in [1.54, 1.807) is 0 Å². The summed E-state index contributed by atoms with van der Waals surface area (Å²) in [4.78, 5) is 2.28. The molecule has 96 valence electrons. The van der Waals surface area contributed by atoms with Gasteiger partial charge >= 0.3 is 0 Å². The van der Waals surface area contributed by atoms with Crippen LogP contribution in [0.1, 0.15) is 44.9 Å². The highest BCUT2D eigenvalue weighted by atomic mass is 16.3. The van der Waals surface area contributed by atoms with Gasteiger partial charge in [0.2, 0.25) is 0 Å². The third-order valence-electron chi connectivity index (χ3n) is 3.32. The molecule has 1 aromatic carbocycles. The Hall–Kier alpha value is -0.860. The molecular formula is C15H25NO. The van der Waals surface area contributed by atoms with Crippen molar-refractivity contribution in [3.8, 4) is 0 Å². The summed E-state index contributed by atoms with van der Waals surface area (Å²) < 4.78 is 0. The molecule has 17 heavy (non-hydrogen) atoms. The fraction of sp³-hybridized carbons (Fsp3) is 0.600. The van der Waals surface area contributed by atoms with Gasteiger partial charge in [0, 0.05) is 12.6 Å². The zero-order valence-corrected chi connectivity index (χ0v) is 11.5. The molecular weight excluding hydrogens is 210 g/mol. The molecule has 1 rings (SSSR count). The van der Waals surface area contributed by atoms with Crippen molar-refractivity contribution in [1.29, 1.82) is 0 Å². The Morgan fingerprint density at radius 3 is 2.12 bits per heavy atom. The first-order chi connectivity index (χ1) is 8.08. The molecule has 1 aromatic rings. The summed E-state index contributed by atoms with van der Waals surface area (Å²) in [6, 6.07) is 8.76. The van der Waals surface area contributed by atoms with E-state index in [0.29, 0.717) is 12.6 Å². The fourth-order valence-electron chi connectivity index (χ4n) is 2.01. The Kier molecular flexibility index (Phi) is 5.66. The van der Waals surface area contributed by atoms with Crippen LogP contribution < -0.4 is 0 Å². The van der Waals surface area contributed by atoms with Crippen molar-refractivity contribution in [1.82, 2.24) is 4.90 Å². The molecule has 0 saturated carbocycles. The van der Waals surface area contributed by atoms with E-state index in [9.17, 15) is 5.11 Å². The Bertz CT molecular complexity index is 318. The van der Waals surface area contributed by atoms with Gasteiger partial charge in [0.05, 0.1) is 6.10 Å². The fourth-order valence-corrected chi connectivity index (χ4v) is 2.01. The Morgan fingerprint density at radius 2 is 1.71 bits per heavy atom. The van der Waals surface area contributed by atoms with Gasteiger partial charge in [-0.1, -0.05) is 38.1 Å². The SMILES string of the molecule is CCc1ccc(C(O)CN(CC)C(C)C)cc1. The first-order valence-electron chi connectivity index (χ1n) is 6.59. The molecule has 0 aliphatic heterocycles. The van der Waals surface area contributed by atoms with Gasteiger partial charge in [0.1, 0.15) is 0 Å². The lowest BCUT2D eigenvalue weighted by Crippen LogP contribution is -2.34. The number of aliphatic hydroxyl groups is 1. The second-order valence-electron chi connectivity index (χ2n) is 4.79. The zero-order valence-electron chi connectivity index (χ0n) is 11.5. The van der Waals surface area contributed by atoms with Crippen LogP contribution in [0.2, 0.25) is 0 Å². The van der Waals surface area contributed by atoms with E-state index in [-0.39, 0.29) is 6.10 Å². The molecule has 0 bridgehead atoms. The van der Waals surface area contributed by atoms with Crippen LogP contribution in [0.3, 0.4) is 0 Å². The first-order valence-corrected chi connectivity index (χ1v) is 6.59. The minimum absolute atomic E-state index is 0.386. The largest absolute Gasteiger partial charge is 0.387 e. The highest BCUT2D eigenvalue weighted by Crippen LogP contribution is 2.16. The molecule has 2 nitrogen and oxygen atoms in total. The zero-order chi connectivity index (χ0) is 12.8. The lowest BCUT2D eigenvalue weighted by atomic mass is 10.0. The number of rotatable bonds is 6. The van der Waals surface area contributed by atoms with E-state index in [4.69, 9.17) is 0 Å². The number of nitrogens with zero attached hydrogens (tertiary/aromatic N) is 1. The number of aliphatic hydroxyl groups excluding tert-OH is 1. The van der Waals surface area contributed by atoms with Gasteiger partial charge in [-0.25, -0.2) is 0 Å². The van der Waals surface area contributed by atoms with E-state index in [1.807, 2.05) is 12.1 Å². The summed E-state index contributed by atoms with van der Waals surface area (Å²) in [5.74, 6) is 0. The van der Waals surface area contributed by atoms with Gasteiger partial charge in [-0.15, -0.1) is 0 Å². The standard InChI is InChI=1S/C15H25NO/c1-5-13-7-9-14(10-8-13)15(17)11-16(6-2)12(3)4/h7-10,12,15,17H,5-6,11H2,1-4H3. The molecule has 0 heterocycles. The van der Waals surface area contributed by atoms with Crippen LogP contribution in [-0.4, -0.2) is 29.1 Å². The van der Waals surface area contributed by atoms with Crippen molar-refractivity contribution in [2.45, 2.75) is 46.3 Å². The molecule has 1 unspecified atom stereocenters. The van der Waals surface area contributed by atoms with Crippen molar-refractivity contribution in [2.24, 2.45) is 0 Å². The van der Waals surface area contributed by atoms with Gasteiger partial charge in [-0.05, 0) is 37.9 Å². The number of benzene rings is 1. The van der Waals surface area contributed by atoms with E-state index in [2.05, 4.69) is 44.7 Å². The molecule has 0 aromatic heterocycles. The predicted octanol–water partition coefficient (Wildman–Crippen LogP) is 3.01. The van der Waals surface area contributed by atoms with Gasteiger partial charge in [-0.2, -0.15) is 0 Å². The second-order valence-corrected chi connectivity index (χ2v) is 4.79. The molecule has 0 fully saturated rings. The van der Waals surface area contributed by atoms with Crippen LogP contribution >= 0.6 is 0 Å². The van der Waals surface area contributed by atoms with E-state index in [1.165, 1.54) is 5.56 Å². The smallest absolute Gasteiger partial charge is 0.0917 e. The molecule has 0 spiro atoms. The van der Waals surface area contributed by atoms with E-state index >= 15 is 0 Å². The molecule has 1 N–H and O–H groups in total. The highest BCUT2D eigenvalue weighted by molar-refractivity contribution is 5.24. The molecule has 0 aliphatic rings. The quantitative estimate of drug-likeness (QED) is 0.819.